The number of hydrogen-bond acceptors (Lipinski definition) is 4. The molecule has 0 saturated heterocycles. The molecule has 1 rings (SSSR count). The normalized spacial score (nSPS) is 11.8. The van der Waals surface area contributed by atoms with Crippen LogP contribution in [0.25, 0.3) is 0 Å². The van der Waals surface area contributed by atoms with E-state index in [9.17, 15) is 9.59 Å². The van der Waals surface area contributed by atoms with Crippen molar-refractivity contribution in [1.29, 1.82) is 0 Å². The van der Waals surface area contributed by atoms with Gasteiger partial charge >= 0.3 is 5.97 Å². The van der Waals surface area contributed by atoms with Crippen molar-refractivity contribution in [3.8, 4) is 0 Å². The molecule has 0 aliphatic heterocycles. The Morgan fingerprint density at radius 2 is 1.84 bits per heavy atom. The summed E-state index contributed by atoms with van der Waals surface area (Å²) >= 11 is 17.5. The number of anilines is 1. The molecule has 0 heterocycles. The molecule has 0 aliphatic carbocycles. The molecule has 19 heavy (non-hydrogen) atoms. The Morgan fingerprint density at radius 3 is 2.32 bits per heavy atom. The predicted octanol–water partition coefficient (Wildman–Crippen LogP) is 2.48. The highest BCUT2D eigenvalue weighted by Crippen LogP contribution is 2.33. The number of nitrogens with one attached hydrogen (secondary N) is 1. The first-order valence-electron chi connectivity index (χ1n) is 5.24. The Hall–Kier alpha value is -1.01. The Morgan fingerprint density at radius 1 is 1.32 bits per heavy atom. The van der Waals surface area contributed by atoms with E-state index >= 15 is 0 Å². The Kier molecular flexibility index (Phi) is 5.87. The molecule has 8 heteroatoms. The largest absolute Gasteiger partial charge is 0.464 e. The fraction of sp³-hybridized carbons (Fsp3) is 0.273. The van der Waals surface area contributed by atoms with Crippen molar-refractivity contribution >= 4 is 52.4 Å². The van der Waals surface area contributed by atoms with E-state index in [1.807, 2.05) is 0 Å². The summed E-state index contributed by atoms with van der Waals surface area (Å²) in [5, 5.41) is 2.96. The summed E-state index contributed by atoms with van der Waals surface area (Å²) < 4.78 is 4.63. The van der Waals surface area contributed by atoms with Crippen LogP contribution in [0.5, 0.6) is 0 Å². The molecular weight excluding hydrogens is 314 g/mol. The molecule has 1 amide bonds. The van der Waals surface area contributed by atoms with Crippen molar-refractivity contribution < 1.29 is 14.3 Å². The smallest absolute Gasteiger partial charge is 0.332 e. The average molecular weight is 326 g/mol. The third-order valence-electron chi connectivity index (χ3n) is 2.08. The monoisotopic (exact) mass is 324 g/mol. The van der Waals surface area contributed by atoms with Crippen LogP contribution < -0.4 is 11.1 Å². The molecule has 104 valence electrons. The summed E-state index contributed by atoms with van der Waals surface area (Å²) in [6, 6.07) is 1.35. The predicted molar refractivity (Wildman–Crippen MR) is 74.7 cm³/mol. The first-order valence-corrected chi connectivity index (χ1v) is 6.37. The lowest BCUT2D eigenvalue weighted by Crippen LogP contribution is -2.43. The average Bonchev–Trinajstić information content (AvgIpc) is 2.32. The highest BCUT2D eigenvalue weighted by atomic mass is 35.5. The third kappa shape index (κ3) is 4.24. The molecule has 0 aromatic heterocycles. The van der Waals surface area contributed by atoms with Crippen molar-refractivity contribution in [3.05, 3.63) is 27.2 Å². The molecule has 0 spiro atoms. The number of benzene rings is 1. The van der Waals surface area contributed by atoms with E-state index < -0.39 is 17.9 Å². The van der Waals surface area contributed by atoms with Crippen molar-refractivity contribution in [3.63, 3.8) is 0 Å². The molecule has 0 fully saturated rings. The summed E-state index contributed by atoms with van der Waals surface area (Å²) in [7, 11) is 0. The fourth-order valence-electron chi connectivity index (χ4n) is 1.20. The molecule has 1 atom stereocenters. The molecule has 5 nitrogen and oxygen atoms in total. The summed E-state index contributed by atoms with van der Waals surface area (Å²) in [6.45, 7) is 1.73. The highest BCUT2D eigenvalue weighted by Gasteiger charge is 2.24. The number of esters is 1. The van der Waals surface area contributed by atoms with Crippen molar-refractivity contribution in [2.75, 3.05) is 11.9 Å². The van der Waals surface area contributed by atoms with E-state index in [0.29, 0.717) is 5.02 Å². The van der Waals surface area contributed by atoms with E-state index in [2.05, 4.69) is 10.1 Å². The van der Waals surface area contributed by atoms with Gasteiger partial charge in [-0.1, -0.05) is 34.8 Å². The van der Waals surface area contributed by atoms with Crippen LogP contribution in [0.15, 0.2) is 12.1 Å². The maximum absolute atomic E-state index is 11.7. The molecule has 0 radical (unpaired) electrons. The van der Waals surface area contributed by atoms with Crippen LogP contribution in [-0.2, 0) is 14.3 Å². The molecule has 0 saturated carbocycles. The van der Waals surface area contributed by atoms with Crippen LogP contribution in [0.2, 0.25) is 15.1 Å². The second kappa shape index (κ2) is 6.96. The van der Waals surface area contributed by atoms with Crippen molar-refractivity contribution in [1.82, 2.24) is 0 Å². The van der Waals surface area contributed by atoms with Gasteiger partial charge in [-0.05, 0) is 19.1 Å². The van der Waals surface area contributed by atoms with Crippen LogP contribution in [0, 0.1) is 0 Å². The van der Waals surface area contributed by atoms with E-state index in [0.717, 1.165) is 0 Å². The lowest BCUT2D eigenvalue weighted by molar-refractivity contribution is -0.146. The van der Waals surface area contributed by atoms with E-state index in [1.165, 1.54) is 12.1 Å². The topological polar surface area (TPSA) is 81.4 Å². The van der Waals surface area contributed by atoms with Gasteiger partial charge in [0.1, 0.15) is 0 Å². The number of hydrogen-bond donors (Lipinski definition) is 2. The number of carbonyl (C=O) groups is 2. The first-order chi connectivity index (χ1) is 8.86. The van der Waals surface area contributed by atoms with Crippen molar-refractivity contribution in [2.45, 2.75) is 13.0 Å². The number of nitrogens with two attached hydrogens (primary N) is 1. The lowest BCUT2D eigenvalue weighted by atomic mass is 10.2. The van der Waals surface area contributed by atoms with Crippen LogP contribution in [-0.4, -0.2) is 24.5 Å². The van der Waals surface area contributed by atoms with Gasteiger partial charge in [0, 0.05) is 5.02 Å². The quantitative estimate of drug-likeness (QED) is 0.658. The van der Waals surface area contributed by atoms with E-state index in [1.54, 1.807) is 6.92 Å². The summed E-state index contributed by atoms with van der Waals surface area (Å²) in [5.41, 5.74) is 5.56. The number of ether oxygens (including phenoxy) is 1. The second-order valence-corrected chi connectivity index (χ2v) is 4.71. The lowest BCUT2D eigenvalue weighted by Gasteiger charge is -2.13. The summed E-state index contributed by atoms with van der Waals surface area (Å²) in [4.78, 5) is 23.0. The van der Waals surface area contributed by atoms with Gasteiger partial charge in [-0.2, -0.15) is 0 Å². The first kappa shape index (κ1) is 16.0. The molecule has 1 unspecified atom stereocenters. The van der Waals surface area contributed by atoms with Crippen LogP contribution in [0.3, 0.4) is 0 Å². The van der Waals surface area contributed by atoms with Gasteiger partial charge in [-0.3, -0.25) is 4.79 Å². The maximum Gasteiger partial charge on any atom is 0.332 e. The third-order valence-corrected chi connectivity index (χ3v) is 2.89. The minimum Gasteiger partial charge on any atom is -0.464 e. The number of halogens is 3. The van der Waals surface area contributed by atoms with Crippen LogP contribution >= 0.6 is 34.8 Å². The zero-order chi connectivity index (χ0) is 14.6. The SMILES string of the molecule is CCOC(=O)C(N)C(=O)Nc1c(Cl)cc(Cl)cc1Cl. The van der Waals surface area contributed by atoms with Gasteiger partial charge in [0.15, 0.2) is 6.04 Å². The van der Waals surface area contributed by atoms with Gasteiger partial charge in [0.05, 0.1) is 22.3 Å². The zero-order valence-corrected chi connectivity index (χ0v) is 12.1. The molecule has 0 bridgehead atoms. The molecule has 3 N–H and O–H groups in total. The molecular formula is C11H11Cl3N2O3. The van der Waals surface area contributed by atoms with Gasteiger partial charge in [0.25, 0.3) is 5.91 Å². The molecule has 1 aromatic carbocycles. The molecule has 0 aliphatic rings. The Labute approximate surface area is 124 Å². The fourth-order valence-corrected chi connectivity index (χ4v) is 2.11. The van der Waals surface area contributed by atoms with E-state index in [4.69, 9.17) is 40.5 Å². The Bertz CT molecular complexity index is 485. The highest BCUT2D eigenvalue weighted by molar-refractivity contribution is 6.42. The standard InChI is InChI=1S/C11H11Cl3N2O3/c1-2-19-11(18)8(15)10(17)16-9-6(13)3-5(12)4-7(9)14/h3-4,8H,2,15H2,1H3,(H,16,17). The van der Waals surface area contributed by atoms with Gasteiger partial charge in [-0.15, -0.1) is 0 Å². The number of amides is 1. The second-order valence-electron chi connectivity index (χ2n) is 3.46. The number of carbonyl (C=O) groups excluding carboxylic acids is 2. The summed E-state index contributed by atoms with van der Waals surface area (Å²) in [6.07, 6.45) is 0. The van der Waals surface area contributed by atoms with E-state index in [-0.39, 0.29) is 22.3 Å². The van der Waals surface area contributed by atoms with Gasteiger partial charge < -0.3 is 15.8 Å². The van der Waals surface area contributed by atoms with Gasteiger partial charge in [-0.25, -0.2) is 4.79 Å². The summed E-state index contributed by atoms with van der Waals surface area (Å²) in [5.74, 6) is -1.61. The van der Waals surface area contributed by atoms with Crippen LogP contribution in [0.4, 0.5) is 5.69 Å². The minimum atomic E-state index is -1.46. The Balaban J connectivity index is 2.86. The van der Waals surface area contributed by atoms with Gasteiger partial charge in [0.2, 0.25) is 0 Å². The van der Waals surface area contributed by atoms with Crippen LogP contribution in [0.1, 0.15) is 6.92 Å². The minimum absolute atomic E-state index is 0.127. The number of rotatable bonds is 4. The molecule has 1 aromatic rings. The maximum atomic E-state index is 11.7. The van der Waals surface area contributed by atoms with Crippen molar-refractivity contribution in [2.24, 2.45) is 5.73 Å². The zero-order valence-electron chi connectivity index (χ0n) is 9.88.